The fourth-order valence-electron chi connectivity index (χ4n) is 5.03. The van der Waals surface area contributed by atoms with Crippen molar-refractivity contribution in [2.24, 2.45) is 0 Å². The fraction of sp³-hybridized carbons (Fsp3) is 0.407. The summed E-state index contributed by atoms with van der Waals surface area (Å²) >= 11 is 0. The Labute approximate surface area is 212 Å². The van der Waals surface area contributed by atoms with Crippen LogP contribution in [0.15, 0.2) is 76.4 Å². The van der Waals surface area contributed by atoms with Crippen molar-refractivity contribution in [3.05, 3.63) is 93.3 Å². The summed E-state index contributed by atoms with van der Waals surface area (Å²) in [7, 11) is -1.17. The molecule has 0 aliphatic carbocycles. The van der Waals surface area contributed by atoms with Crippen molar-refractivity contribution in [1.29, 1.82) is 0 Å². The van der Waals surface area contributed by atoms with Crippen LogP contribution in [0.1, 0.15) is 39.0 Å². The molecule has 192 valence electrons. The van der Waals surface area contributed by atoms with Crippen molar-refractivity contribution in [2.45, 2.75) is 57.6 Å². The molecule has 4 rings (SSSR count). The van der Waals surface area contributed by atoms with Gasteiger partial charge in [-0.15, -0.1) is 0 Å². The van der Waals surface area contributed by atoms with Crippen LogP contribution < -0.4 is 27.1 Å². The summed E-state index contributed by atoms with van der Waals surface area (Å²) in [5.74, 6) is 0. The summed E-state index contributed by atoms with van der Waals surface area (Å²) in [5.41, 5.74) is 2.25. The zero-order valence-corrected chi connectivity index (χ0v) is 22.5. The van der Waals surface area contributed by atoms with Crippen LogP contribution in [-0.4, -0.2) is 43.7 Å². The maximum atomic E-state index is 12.6. The van der Waals surface area contributed by atoms with Crippen molar-refractivity contribution >= 4 is 18.7 Å². The van der Waals surface area contributed by atoms with Crippen molar-refractivity contribution in [3.63, 3.8) is 0 Å². The molecule has 3 atom stereocenters. The van der Waals surface area contributed by atoms with E-state index in [0.717, 1.165) is 10.4 Å². The van der Waals surface area contributed by atoms with Crippen molar-refractivity contribution in [2.75, 3.05) is 13.7 Å². The molecule has 36 heavy (non-hydrogen) atoms. The van der Waals surface area contributed by atoms with E-state index in [0.29, 0.717) is 12.0 Å². The largest absolute Gasteiger partial charge is 0.402 e. The summed E-state index contributed by atoms with van der Waals surface area (Å²) < 4.78 is 15.1. The van der Waals surface area contributed by atoms with Crippen molar-refractivity contribution in [3.8, 4) is 0 Å². The van der Waals surface area contributed by atoms with E-state index in [-0.39, 0.29) is 17.7 Å². The first-order valence-electron chi connectivity index (χ1n) is 12.2. The first-order chi connectivity index (χ1) is 17.2. The Bertz CT molecular complexity index is 1230. The smallest absolute Gasteiger partial charge is 0.330 e. The summed E-state index contributed by atoms with van der Waals surface area (Å²) in [6, 6.07) is 20.8. The molecule has 1 saturated heterocycles. The van der Waals surface area contributed by atoms with Crippen LogP contribution in [-0.2, 0) is 14.0 Å². The molecule has 1 aromatic heterocycles. The summed E-state index contributed by atoms with van der Waals surface area (Å²) in [5, 5.41) is 2.11. The molecular weight excluding hydrogens is 474 g/mol. The number of aromatic nitrogens is 2. The van der Waals surface area contributed by atoms with Gasteiger partial charge in [-0.2, -0.15) is 0 Å². The second kappa shape index (κ2) is 10.7. The molecule has 2 N–H and O–H groups in total. The van der Waals surface area contributed by atoms with Gasteiger partial charge < -0.3 is 9.16 Å². The Morgan fingerprint density at radius 2 is 1.64 bits per heavy atom. The quantitative estimate of drug-likeness (QED) is 0.357. The minimum Gasteiger partial charge on any atom is -0.402 e. The Kier molecular flexibility index (Phi) is 7.77. The number of aromatic amines is 1. The van der Waals surface area contributed by atoms with Crippen molar-refractivity contribution < 1.29 is 14.0 Å². The highest BCUT2D eigenvalue weighted by atomic mass is 28.4. The highest BCUT2D eigenvalue weighted by Crippen LogP contribution is 2.41. The molecule has 2 heterocycles. The number of nitrogens with one attached hydrogen (secondary N) is 2. The first kappa shape index (κ1) is 26.2. The van der Waals surface area contributed by atoms with Gasteiger partial charge in [0, 0.05) is 25.2 Å². The number of rotatable bonds is 8. The molecule has 1 aliphatic heterocycles. The monoisotopic (exact) mass is 509 g/mol. The molecule has 2 aromatic carbocycles. The van der Waals surface area contributed by atoms with Crippen LogP contribution in [0, 0.1) is 6.92 Å². The highest BCUT2D eigenvalue weighted by molar-refractivity contribution is 6.99. The van der Waals surface area contributed by atoms with E-state index in [1.807, 2.05) is 36.4 Å². The van der Waals surface area contributed by atoms with E-state index in [2.05, 4.69) is 55.5 Å². The molecule has 1 fully saturated rings. The lowest BCUT2D eigenvalue weighted by Crippen LogP contribution is -2.68. The number of aryl methyl sites for hydroxylation is 1. The van der Waals surface area contributed by atoms with E-state index >= 15 is 0 Å². The van der Waals surface area contributed by atoms with Gasteiger partial charge in [-0.1, -0.05) is 81.4 Å². The minimum atomic E-state index is -2.86. The Morgan fingerprint density at radius 3 is 2.17 bits per heavy atom. The van der Waals surface area contributed by atoms with E-state index in [1.165, 1.54) is 4.57 Å². The third-order valence-electron chi connectivity index (χ3n) is 6.77. The Balaban J connectivity index is 1.80. The maximum absolute atomic E-state index is 12.6. The van der Waals surface area contributed by atoms with Gasteiger partial charge in [0.2, 0.25) is 0 Å². The lowest BCUT2D eigenvalue weighted by molar-refractivity contribution is -0.0795. The van der Waals surface area contributed by atoms with E-state index < -0.39 is 31.9 Å². The molecule has 0 unspecified atom stereocenters. The Morgan fingerprint density at radius 1 is 1.06 bits per heavy atom. The number of H-pyrrole nitrogens is 1. The molecule has 0 saturated carbocycles. The predicted molar refractivity (Wildman–Crippen MR) is 142 cm³/mol. The third-order valence-corrected chi connectivity index (χ3v) is 11.8. The number of hydroxylamine groups is 1. The zero-order chi connectivity index (χ0) is 25.9. The summed E-state index contributed by atoms with van der Waals surface area (Å²) in [6.07, 6.45) is 0.611. The van der Waals surface area contributed by atoms with E-state index in [4.69, 9.17) is 14.0 Å². The molecule has 0 spiro atoms. The standard InChI is InChI=1S/C27H35N3O5Si/c1-19-17-30(26(32)29-25(19)31)24-16-22(23(34-24)18-33-28-5)35-36(27(2,3)4,20-12-8-6-9-13-20)21-14-10-7-11-15-21/h6-15,17,22-24,28H,16,18H2,1-5H3,(H,29,31,32)/t22-,23+,24+/m0/s1. The number of benzene rings is 2. The Hall–Kier alpha value is -2.82. The van der Waals surface area contributed by atoms with Crippen LogP contribution >= 0.6 is 0 Å². The van der Waals surface area contributed by atoms with Crippen LogP contribution in [0.25, 0.3) is 0 Å². The zero-order valence-electron chi connectivity index (χ0n) is 21.5. The lowest BCUT2D eigenvalue weighted by atomic mass is 10.2. The van der Waals surface area contributed by atoms with Crippen LogP contribution in [0.5, 0.6) is 0 Å². The van der Waals surface area contributed by atoms with Gasteiger partial charge in [0.05, 0.1) is 12.7 Å². The van der Waals surface area contributed by atoms with Crippen LogP contribution in [0.4, 0.5) is 0 Å². The van der Waals surface area contributed by atoms with Gasteiger partial charge in [-0.3, -0.25) is 19.2 Å². The van der Waals surface area contributed by atoms with Crippen LogP contribution in [0.2, 0.25) is 5.04 Å². The lowest BCUT2D eigenvalue weighted by Gasteiger charge is -2.45. The SMILES string of the molecule is CNOC[C@H]1O[C@@H](n2cc(C)c(=O)[nH]c2=O)C[C@@H]1O[Si](c1ccccc1)(c1ccccc1)C(C)(C)C. The number of nitrogens with zero attached hydrogens (tertiary/aromatic N) is 1. The second-order valence-electron chi connectivity index (χ2n) is 10.2. The number of hydrogen-bond acceptors (Lipinski definition) is 6. The maximum Gasteiger partial charge on any atom is 0.330 e. The predicted octanol–water partition coefficient (Wildman–Crippen LogP) is 2.23. The molecule has 3 aromatic rings. The third kappa shape index (κ3) is 5.02. The number of hydrogen-bond donors (Lipinski definition) is 2. The average Bonchev–Trinajstić information content (AvgIpc) is 3.25. The first-order valence-corrected chi connectivity index (χ1v) is 14.1. The number of ether oxygens (including phenoxy) is 1. The molecule has 9 heteroatoms. The minimum absolute atomic E-state index is 0.215. The normalized spacial score (nSPS) is 20.5. The molecule has 1 aliphatic rings. The topological polar surface area (TPSA) is 94.6 Å². The second-order valence-corrected chi connectivity index (χ2v) is 14.4. The highest BCUT2D eigenvalue weighted by Gasteiger charge is 2.54. The van der Waals surface area contributed by atoms with Gasteiger partial charge in [0.1, 0.15) is 12.3 Å². The van der Waals surface area contributed by atoms with Gasteiger partial charge in [0.25, 0.3) is 13.9 Å². The summed E-state index contributed by atoms with van der Waals surface area (Å²) in [4.78, 5) is 32.5. The average molecular weight is 510 g/mol. The molecule has 0 bridgehead atoms. The van der Waals surface area contributed by atoms with Crippen LogP contribution in [0.3, 0.4) is 0 Å². The molecular formula is C27H35N3O5Si. The van der Waals surface area contributed by atoms with Crippen molar-refractivity contribution in [1.82, 2.24) is 15.0 Å². The summed E-state index contributed by atoms with van der Waals surface area (Å²) in [6.45, 7) is 8.58. The van der Waals surface area contributed by atoms with E-state index in [9.17, 15) is 9.59 Å². The molecule has 8 nitrogen and oxygen atoms in total. The van der Waals surface area contributed by atoms with Gasteiger partial charge in [-0.05, 0) is 22.3 Å². The fourth-order valence-corrected chi connectivity index (χ4v) is 9.75. The van der Waals surface area contributed by atoms with Gasteiger partial charge >= 0.3 is 5.69 Å². The molecule has 0 amide bonds. The van der Waals surface area contributed by atoms with Gasteiger partial charge in [0.15, 0.2) is 0 Å². The molecule has 0 radical (unpaired) electrons. The van der Waals surface area contributed by atoms with Gasteiger partial charge in [-0.25, -0.2) is 10.3 Å². The van der Waals surface area contributed by atoms with E-state index in [1.54, 1.807) is 20.2 Å².